The van der Waals surface area contributed by atoms with Gasteiger partial charge >= 0.3 is 0 Å². The predicted molar refractivity (Wildman–Crippen MR) is 106 cm³/mol. The van der Waals surface area contributed by atoms with Gasteiger partial charge in [0.2, 0.25) is 0 Å². The van der Waals surface area contributed by atoms with E-state index in [2.05, 4.69) is 28.6 Å². The zero-order chi connectivity index (χ0) is 15.8. The third-order valence-electron chi connectivity index (χ3n) is 4.48. The Labute approximate surface area is 157 Å². The third kappa shape index (κ3) is 5.99. The van der Waals surface area contributed by atoms with Gasteiger partial charge < -0.3 is 15.1 Å². The predicted octanol–water partition coefficient (Wildman–Crippen LogP) is 3.47. The zero-order valence-corrected chi connectivity index (χ0v) is 16.7. The van der Waals surface area contributed by atoms with Crippen LogP contribution in [0.15, 0.2) is 27.8 Å². The van der Waals surface area contributed by atoms with E-state index in [1.807, 2.05) is 12.1 Å². The van der Waals surface area contributed by atoms with Crippen LogP contribution in [0.1, 0.15) is 51.3 Å². The molecule has 0 radical (unpaired) electrons. The highest BCUT2D eigenvalue weighted by Crippen LogP contribution is 2.21. The van der Waals surface area contributed by atoms with E-state index in [0.717, 1.165) is 31.9 Å². The number of likely N-dealkylation sites (N-methyl/N-ethyl adjacent to an activating group) is 1. The summed E-state index contributed by atoms with van der Waals surface area (Å²) in [6, 6.07) is 4.13. The number of furan rings is 1. The number of nitrogens with two attached hydrogens (primary N) is 1. The molecule has 1 saturated heterocycles. The quantitative estimate of drug-likeness (QED) is 0.423. The van der Waals surface area contributed by atoms with Gasteiger partial charge in [0.15, 0.2) is 5.96 Å². The van der Waals surface area contributed by atoms with Gasteiger partial charge in [0.25, 0.3) is 0 Å². The Balaban J connectivity index is 0.00000264. The first-order valence-corrected chi connectivity index (χ1v) is 8.58. The van der Waals surface area contributed by atoms with Gasteiger partial charge in [-0.15, -0.1) is 24.0 Å². The van der Waals surface area contributed by atoms with E-state index in [4.69, 9.17) is 10.2 Å². The van der Waals surface area contributed by atoms with Crippen LogP contribution in [0.2, 0.25) is 0 Å². The van der Waals surface area contributed by atoms with Crippen molar-refractivity contribution in [1.29, 1.82) is 0 Å². The van der Waals surface area contributed by atoms with Gasteiger partial charge in [0.1, 0.15) is 5.76 Å². The molecule has 23 heavy (non-hydrogen) atoms. The van der Waals surface area contributed by atoms with Crippen LogP contribution in [-0.4, -0.2) is 48.5 Å². The van der Waals surface area contributed by atoms with Crippen molar-refractivity contribution in [3.8, 4) is 0 Å². The molecule has 0 saturated carbocycles. The molecule has 2 N–H and O–H groups in total. The van der Waals surface area contributed by atoms with Crippen molar-refractivity contribution in [3.05, 3.63) is 24.2 Å². The van der Waals surface area contributed by atoms with Gasteiger partial charge in [-0.2, -0.15) is 0 Å². The van der Waals surface area contributed by atoms with E-state index in [-0.39, 0.29) is 30.0 Å². The van der Waals surface area contributed by atoms with Crippen LogP contribution in [0.5, 0.6) is 0 Å². The van der Waals surface area contributed by atoms with Crippen molar-refractivity contribution >= 4 is 29.9 Å². The topological polar surface area (TPSA) is 58.0 Å². The zero-order valence-electron chi connectivity index (χ0n) is 14.4. The summed E-state index contributed by atoms with van der Waals surface area (Å²) in [7, 11) is 0. The lowest BCUT2D eigenvalue weighted by atomic mass is 10.2. The van der Waals surface area contributed by atoms with E-state index in [1.54, 1.807) is 6.26 Å². The number of hydrogen-bond acceptors (Lipinski definition) is 3. The second kappa shape index (κ2) is 10.9. The number of hydrogen-bond donors (Lipinski definition) is 1. The minimum atomic E-state index is 0. The molecule has 1 aromatic rings. The minimum absolute atomic E-state index is 0. The lowest BCUT2D eigenvalue weighted by molar-refractivity contribution is 0.198. The number of likely N-dealkylation sites (tertiary alicyclic amines) is 1. The molecule has 0 aromatic carbocycles. The Morgan fingerprint density at radius 1 is 1.26 bits per heavy atom. The second-order valence-electron chi connectivity index (χ2n) is 5.85. The summed E-state index contributed by atoms with van der Waals surface area (Å²) in [5, 5.41) is 0. The number of halogens is 1. The van der Waals surface area contributed by atoms with Crippen LogP contribution in [0.4, 0.5) is 0 Å². The highest BCUT2D eigenvalue weighted by molar-refractivity contribution is 14.0. The summed E-state index contributed by atoms with van der Waals surface area (Å²) in [4.78, 5) is 9.27. The molecule has 1 atom stereocenters. The van der Waals surface area contributed by atoms with Crippen molar-refractivity contribution < 1.29 is 4.42 Å². The lowest BCUT2D eigenvalue weighted by Gasteiger charge is -2.28. The van der Waals surface area contributed by atoms with E-state index < -0.39 is 0 Å². The molecule has 6 heteroatoms. The summed E-state index contributed by atoms with van der Waals surface area (Å²) in [5.41, 5.74) is 6.23. The van der Waals surface area contributed by atoms with E-state index in [0.29, 0.717) is 12.5 Å². The molecule has 5 nitrogen and oxygen atoms in total. The standard InChI is InChI=1S/C17H30N4O.HI/c1-3-20(4-2)15(16-10-9-13-22-16)14-19-17(18)21-11-7-5-6-8-12-21;/h9-10,13,15H,3-8,11-12,14H2,1-2H3,(H2,18,19);1H. The van der Waals surface area contributed by atoms with E-state index in [1.165, 1.54) is 25.7 Å². The molecule has 2 heterocycles. The maximum atomic E-state index is 6.23. The van der Waals surface area contributed by atoms with Crippen molar-refractivity contribution in [2.75, 3.05) is 32.7 Å². The first-order chi connectivity index (χ1) is 10.8. The third-order valence-corrected chi connectivity index (χ3v) is 4.48. The van der Waals surface area contributed by atoms with Crippen molar-refractivity contribution in [3.63, 3.8) is 0 Å². The van der Waals surface area contributed by atoms with Gasteiger partial charge in [0.05, 0.1) is 18.8 Å². The number of rotatable bonds is 6. The molecule has 1 aliphatic rings. The molecular formula is C17H31IN4O. The summed E-state index contributed by atoms with van der Waals surface area (Å²) in [5.74, 6) is 1.65. The fourth-order valence-corrected chi connectivity index (χ4v) is 3.11. The largest absolute Gasteiger partial charge is 0.468 e. The van der Waals surface area contributed by atoms with Crippen molar-refractivity contribution in [2.45, 2.75) is 45.6 Å². The molecule has 0 bridgehead atoms. The average molecular weight is 434 g/mol. The normalized spacial score (nSPS) is 17.7. The number of guanidine groups is 1. The SMILES string of the molecule is CCN(CC)C(CN=C(N)N1CCCCCC1)c1ccco1.I. The average Bonchev–Trinajstić information content (AvgIpc) is 2.92. The molecule has 0 aliphatic carbocycles. The van der Waals surface area contributed by atoms with E-state index in [9.17, 15) is 0 Å². The van der Waals surface area contributed by atoms with Crippen LogP contribution < -0.4 is 5.73 Å². The first-order valence-electron chi connectivity index (χ1n) is 8.58. The summed E-state index contributed by atoms with van der Waals surface area (Å²) in [6.07, 6.45) is 6.77. The van der Waals surface area contributed by atoms with Gasteiger partial charge in [-0.3, -0.25) is 9.89 Å². The van der Waals surface area contributed by atoms with Gasteiger partial charge in [-0.1, -0.05) is 26.7 Å². The number of nitrogens with zero attached hydrogens (tertiary/aromatic N) is 3. The summed E-state index contributed by atoms with van der Waals surface area (Å²) >= 11 is 0. The fraction of sp³-hybridized carbons (Fsp3) is 0.706. The van der Waals surface area contributed by atoms with Crippen LogP contribution in [-0.2, 0) is 0 Å². The van der Waals surface area contributed by atoms with Crippen LogP contribution in [0, 0.1) is 0 Å². The Kier molecular flexibility index (Phi) is 9.62. The first kappa shape index (κ1) is 20.3. The molecular weight excluding hydrogens is 403 g/mol. The number of aliphatic imine (C=N–C) groups is 1. The smallest absolute Gasteiger partial charge is 0.191 e. The van der Waals surface area contributed by atoms with Crippen molar-refractivity contribution in [2.24, 2.45) is 10.7 Å². The molecule has 1 unspecified atom stereocenters. The lowest BCUT2D eigenvalue weighted by Crippen LogP contribution is -2.39. The minimum Gasteiger partial charge on any atom is -0.468 e. The highest BCUT2D eigenvalue weighted by Gasteiger charge is 2.21. The van der Waals surface area contributed by atoms with Crippen LogP contribution in [0.25, 0.3) is 0 Å². The molecule has 1 aromatic heterocycles. The van der Waals surface area contributed by atoms with Crippen LogP contribution in [0.3, 0.4) is 0 Å². The Morgan fingerprint density at radius 3 is 2.43 bits per heavy atom. The summed E-state index contributed by atoms with van der Waals surface area (Å²) < 4.78 is 5.61. The molecule has 0 spiro atoms. The molecule has 1 fully saturated rings. The fourth-order valence-electron chi connectivity index (χ4n) is 3.11. The van der Waals surface area contributed by atoms with E-state index >= 15 is 0 Å². The molecule has 0 amide bonds. The Hall–Kier alpha value is -0.760. The van der Waals surface area contributed by atoms with Crippen LogP contribution >= 0.6 is 24.0 Å². The second-order valence-corrected chi connectivity index (χ2v) is 5.85. The Morgan fingerprint density at radius 2 is 1.91 bits per heavy atom. The maximum Gasteiger partial charge on any atom is 0.191 e. The molecule has 2 rings (SSSR count). The monoisotopic (exact) mass is 434 g/mol. The Bertz CT molecular complexity index is 437. The van der Waals surface area contributed by atoms with Gasteiger partial charge in [-0.25, -0.2) is 0 Å². The molecule has 132 valence electrons. The van der Waals surface area contributed by atoms with Gasteiger partial charge in [-0.05, 0) is 38.1 Å². The van der Waals surface area contributed by atoms with Gasteiger partial charge in [0, 0.05) is 13.1 Å². The molecule has 1 aliphatic heterocycles. The highest BCUT2D eigenvalue weighted by atomic mass is 127. The summed E-state index contributed by atoms with van der Waals surface area (Å²) in [6.45, 7) is 9.00. The maximum absolute atomic E-state index is 6.23. The van der Waals surface area contributed by atoms with Crippen molar-refractivity contribution in [1.82, 2.24) is 9.80 Å².